The number of carbonyl (C=O) groups is 2. The van der Waals surface area contributed by atoms with E-state index in [0.29, 0.717) is 25.1 Å². The third kappa shape index (κ3) is 3.18. The van der Waals surface area contributed by atoms with Crippen LogP contribution < -0.4 is 0 Å². The molecule has 4 heteroatoms. The number of nitrogens with zero attached hydrogens (tertiary/aromatic N) is 1. The van der Waals surface area contributed by atoms with E-state index >= 15 is 0 Å². The Labute approximate surface area is 119 Å². The van der Waals surface area contributed by atoms with Crippen molar-refractivity contribution in [2.75, 3.05) is 13.1 Å². The van der Waals surface area contributed by atoms with Crippen LogP contribution in [0, 0.1) is 25.7 Å². The molecule has 0 spiro atoms. The molecule has 2 atom stereocenters. The van der Waals surface area contributed by atoms with E-state index < -0.39 is 11.9 Å². The van der Waals surface area contributed by atoms with E-state index in [9.17, 15) is 14.7 Å². The van der Waals surface area contributed by atoms with Gasteiger partial charge < -0.3 is 10.0 Å². The molecule has 0 bridgehead atoms. The summed E-state index contributed by atoms with van der Waals surface area (Å²) in [6, 6.07) is 5.75. The molecule has 0 radical (unpaired) electrons. The fourth-order valence-electron chi connectivity index (χ4n) is 2.98. The Morgan fingerprint density at radius 3 is 2.30 bits per heavy atom. The van der Waals surface area contributed by atoms with Crippen LogP contribution >= 0.6 is 0 Å². The molecule has 1 saturated heterocycles. The second kappa shape index (κ2) is 5.65. The average Bonchev–Trinajstić information content (AvgIpc) is 2.35. The summed E-state index contributed by atoms with van der Waals surface area (Å²) in [4.78, 5) is 25.4. The molecule has 2 rings (SSSR count). The minimum atomic E-state index is -0.810. The Balaban J connectivity index is 2.21. The first-order valence-electron chi connectivity index (χ1n) is 6.97. The van der Waals surface area contributed by atoms with Gasteiger partial charge in [0.05, 0.1) is 5.92 Å². The van der Waals surface area contributed by atoms with E-state index in [1.54, 1.807) is 4.90 Å². The Morgan fingerprint density at radius 2 is 1.75 bits per heavy atom. The summed E-state index contributed by atoms with van der Waals surface area (Å²) in [5.41, 5.74) is 2.75. The van der Waals surface area contributed by atoms with Crippen molar-refractivity contribution in [1.29, 1.82) is 0 Å². The highest BCUT2D eigenvalue weighted by Crippen LogP contribution is 2.23. The number of carboxylic acids is 1. The van der Waals surface area contributed by atoms with Crippen LogP contribution in [0.5, 0.6) is 0 Å². The fraction of sp³-hybridized carbons (Fsp3) is 0.500. The highest BCUT2D eigenvalue weighted by Gasteiger charge is 2.32. The molecule has 4 nitrogen and oxygen atoms in total. The summed E-state index contributed by atoms with van der Waals surface area (Å²) in [5.74, 6) is -1.10. The van der Waals surface area contributed by atoms with Crippen molar-refractivity contribution in [2.45, 2.75) is 27.2 Å². The molecule has 1 amide bonds. The zero-order valence-corrected chi connectivity index (χ0v) is 12.2. The van der Waals surface area contributed by atoms with E-state index in [2.05, 4.69) is 0 Å². The van der Waals surface area contributed by atoms with Crippen molar-refractivity contribution in [3.05, 3.63) is 34.9 Å². The number of carbonyl (C=O) groups excluding carboxylic acids is 1. The molecule has 20 heavy (non-hydrogen) atoms. The standard InChI is InChI=1S/C16H21NO3/c1-10-4-11(2)6-13(5-10)15(18)17-8-12(3)7-14(9-17)16(19)20/h4-6,12,14H,7-9H2,1-3H3,(H,19,20). The maximum absolute atomic E-state index is 12.6. The van der Waals surface area contributed by atoms with Crippen molar-refractivity contribution < 1.29 is 14.7 Å². The summed E-state index contributed by atoms with van der Waals surface area (Å²) in [5, 5.41) is 9.18. The molecule has 1 aliphatic rings. The summed E-state index contributed by atoms with van der Waals surface area (Å²) < 4.78 is 0. The van der Waals surface area contributed by atoms with Crippen LogP contribution in [0.15, 0.2) is 18.2 Å². The monoisotopic (exact) mass is 275 g/mol. The minimum absolute atomic E-state index is 0.0606. The maximum atomic E-state index is 12.6. The number of hydrogen-bond acceptors (Lipinski definition) is 2. The predicted octanol–water partition coefficient (Wildman–Crippen LogP) is 2.49. The van der Waals surface area contributed by atoms with Gasteiger partial charge in [-0.15, -0.1) is 0 Å². The van der Waals surface area contributed by atoms with Gasteiger partial charge in [-0.3, -0.25) is 9.59 Å². The Morgan fingerprint density at radius 1 is 1.15 bits per heavy atom. The molecular formula is C16H21NO3. The van der Waals surface area contributed by atoms with Gasteiger partial charge in [-0.05, 0) is 38.3 Å². The molecule has 0 aromatic heterocycles. The number of rotatable bonds is 2. The van der Waals surface area contributed by atoms with Gasteiger partial charge in [0.15, 0.2) is 0 Å². The molecule has 1 heterocycles. The fourth-order valence-corrected chi connectivity index (χ4v) is 2.98. The Bertz CT molecular complexity index is 518. The molecule has 108 valence electrons. The van der Waals surface area contributed by atoms with Crippen LogP contribution in [0.1, 0.15) is 34.8 Å². The summed E-state index contributed by atoms with van der Waals surface area (Å²) in [6.45, 7) is 6.86. The van der Waals surface area contributed by atoms with Gasteiger partial charge in [-0.25, -0.2) is 0 Å². The largest absolute Gasteiger partial charge is 0.481 e. The highest BCUT2D eigenvalue weighted by atomic mass is 16.4. The number of carboxylic acid groups (broad SMARTS) is 1. The van der Waals surface area contributed by atoms with Gasteiger partial charge in [0, 0.05) is 18.7 Å². The smallest absolute Gasteiger partial charge is 0.308 e. The van der Waals surface area contributed by atoms with E-state index in [1.807, 2.05) is 39.0 Å². The lowest BCUT2D eigenvalue weighted by atomic mass is 9.90. The molecule has 1 fully saturated rings. The first-order chi connectivity index (χ1) is 9.36. The number of aryl methyl sites for hydroxylation is 2. The normalized spacial score (nSPS) is 22.6. The number of amides is 1. The van der Waals surface area contributed by atoms with Gasteiger partial charge in [0.1, 0.15) is 0 Å². The zero-order chi connectivity index (χ0) is 14.9. The predicted molar refractivity (Wildman–Crippen MR) is 76.7 cm³/mol. The summed E-state index contributed by atoms with van der Waals surface area (Å²) in [6.07, 6.45) is 0.645. The third-order valence-electron chi connectivity index (χ3n) is 3.76. The number of aliphatic carboxylic acids is 1. The molecule has 1 aromatic carbocycles. The van der Waals surface area contributed by atoms with Crippen LogP contribution in [0.25, 0.3) is 0 Å². The van der Waals surface area contributed by atoms with E-state index in [-0.39, 0.29) is 11.8 Å². The molecule has 2 unspecified atom stereocenters. The van der Waals surface area contributed by atoms with Crippen LogP contribution in [0.4, 0.5) is 0 Å². The minimum Gasteiger partial charge on any atom is -0.481 e. The lowest BCUT2D eigenvalue weighted by molar-refractivity contribution is -0.143. The van der Waals surface area contributed by atoms with Crippen LogP contribution in [-0.2, 0) is 4.79 Å². The first kappa shape index (κ1) is 14.6. The van der Waals surface area contributed by atoms with Crippen molar-refractivity contribution in [3.8, 4) is 0 Å². The second-order valence-electron chi connectivity index (χ2n) is 5.96. The molecule has 0 saturated carbocycles. The number of likely N-dealkylation sites (tertiary alicyclic amines) is 1. The third-order valence-corrected chi connectivity index (χ3v) is 3.76. The lowest BCUT2D eigenvalue weighted by Gasteiger charge is -2.34. The average molecular weight is 275 g/mol. The second-order valence-corrected chi connectivity index (χ2v) is 5.96. The van der Waals surface area contributed by atoms with Crippen molar-refractivity contribution in [1.82, 2.24) is 4.90 Å². The van der Waals surface area contributed by atoms with Gasteiger partial charge in [-0.1, -0.05) is 24.1 Å². The number of benzene rings is 1. The van der Waals surface area contributed by atoms with Gasteiger partial charge in [0.2, 0.25) is 0 Å². The molecule has 1 aromatic rings. The van der Waals surface area contributed by atoms with Crippen LogP contribution in [0.3, 0.4) is 0 Å². The quantitative estimate of drug-likeness (QED) is 0.902. The first-order valence-corrected chi connectivity index (χ1v) is 6.97. The van der Waals surface area contributed by atoms with E-state index in [1.165, 1.54) is 0 Å². The zero-order valence-electron chi connectivity index (χ0n) is 12.2. The van der Waals surface area contributed by atoms with Gasteiger partial charge >= 0.3 is 5.97 Å². The van der Waals surface area contributed by atoms with E-state index in [4.69, 9.17) is 0 Å². The highest BCUT2D eigenvalue weighted by molar-refractivity contribution is 5.95. The lowest BCUT2D eigenvalue weighted by Crippen LogP contribution is -2.45. The van der Waals surface area contributed by atoms with Crippen molar-refractivity contribution in [2.24, 2.45) is 11.8 Å². The van der Waals surface area contributed by atoms with Crippen LogP contribution in [0.2, 0.25) is 0 Å². The number of piperidine rings is 1. The van der Waals surface area contributed by atoms with Crippen molar-refractivity contribution >= 4 is 11.9 Å². The SMILES string of the molecule is Cc1cc(C)cc(C(=O)N2CC(C)CC(C(=O)O)C2)c1. The van der Waals surface area contributed by atoms with E-state index in [0.717, 1.165) is 11.1 Å². The van der Waals surface area contributed by atoms with Crippen LogP contribution in [-0.4, -0.2) is 35.0 Å². The molecular weight excluding hydrogens is 254 g/mol. The maximum Gasteiger partial charge on any atom is 0.308 e. The van der Waals surface area contributed by atoms with Gasteiger partial charge in [0.25, 0.3) is 5.91 Å². The van der Waals surface area contributed by atoms with Gasteiger partial charge in [-0.2, -0.15) is 0 Å². The Hall–Kier alpha value is -1.84. The molecule has 1 N–H and O–H groups in total. The summed E-state index contributed by atoms with van der Waals surface area (Å²) in [7, 11) is 0. The number of hydrogen-bond donors (Lipinski definition) is 1. The summed E-state index contributed by atoms with van der Waals surface area (Å²) >= 11 is 0. The topological polar surface area (TPSA) is 57.6 Å². The van der Waals surface area contributed by atoms with Crippen molar-refractivity contribution in [3.63, 3.8) is 0 Å². The molecule has 0 aliphatic carbocycles. The molecule has 1 aliphatic heterocycles. The Kier molecular flexibility index (Phi) is 4.12.